The summed E-state index contributed by atoms with van der Waals surface area (Å²) in [5, 5.41) is 7.71. The van der Waals surface area contributed by atoms with E-state index in [1.54, 1.807) is 29.3 Å². The number of imidazole rings is 1. The number of pyridine rings is 1. The maximum Gasteiger partial charge on any atom is 0.155 e. The van der Waals surface area contributed by atoms with Gasteiger partial charge in [-0.15, -0.1) is 0 Å². The van der Waals surface area contributed by atoms with Gasteiger partial charge in [-0.05, 0) is 69.3 Å². The number of hydrogen-bond donors (Lipinski definition) is 1. The van der Waals surface area contributed by atoms with E-state index in [0.29, 0.717) is 11.6 Å². The molecule has 8 heteroatoms. The molecule has 160 valence electrons. The van der Waals surface area contributed by atoms with Crippen LogP contribution in [-0.4, -0.2) is 29.3 Å². The van der Waals surface area contributed by atoms with Crippen molar-refractivity contribution in [3.63, 3.8) is 0 Å². The first-order valence-electron chi connectivity index (χ1n) is 10.4. The Morgan fingerprint density at radius 1 is 0.969 bits per heavy atom. The lowest BCUT2D eigenvalue weighted by molar-refractivity contribution is 0.621. The van der Waals surface area contributed by atoms with E-state index in [2.05, 4.69) is 44.9 Å². The van der Waals surface area contributed by atoms with Gasteiger partial charge in [-0.25, -0.2) is 24.0 Å². The Bertz CT molecular complexity index is 1380. The van der Waals surface area contributed by atoms with Gasteiger partial charge >= 0.3 is 0 Å². The Labute approximate surface area is 184 Å². The van der Waals surface area contributed by atoms with Crippen molar-refractivity contribution in [2.75, 3.05) is 5.32 Å². The Morgan fingerprint density at radius 3 is 2.44 bits per heavy atom. The zero-order valence-electron chi connectivity index (χ0n) is 18.0. The van der Waals surface area contributed by atoms with E-state index in [9.17, 15) is 4.39 Å². The molecule has 0 atom stereocenters. The predicted molar refractivity (Wildman–Crippen MR) is 123 cm³/mol. The second-order valence-corrected chi connectivity index (χ2v) is 7.85. The summed E-state index contributed by atoms with van der Waals surface area (Å²) in [5.41, 5.74) is 4.43. The molecule has 32 heavy (non-hydrogen) atoms. The van der Waals surface area contributed by atoms with Crippen LogP contribution >= 0.6 is 0 Å². The molecular weight excluding hydrogens is 405 g/mol. The summed E-state index contributed by atoms with van der Waals surface area (Å²) in [6.07, 6.45) is 3.40. The molecule has 7 nitrogen and oxygen atoms in total. The lowest BCUT2D eigenvalue weighted by Gasteiger charge is -2.13. The van der Waals surface area contributed by atoms with Crippen molar-refractivity contribution < 1.29 is 4.39 Å². The molecule has 5 aromatic rings. The fraction of sp³-hybridized carbons (Fsp3) is 0.167. The average molecular weight is 427 g/mol. The van der Waals surface area contributed by atoms with Gasteiger partial charge in [-0.2, -0.15) is 5.10 Å². The summed E-state index contributed by atoms with van der Waals surface area (Å²) in [4.78, 5) is 13.6. The summed E-state index contributed by atoms with van der Waals surface area (Å²) in [5.74, 6) is 1.93. The van der Waals surface area contributed by atoms with Gasteiger partial charge in [0.25, 0.3) is 0 Å². The topological polar surface area (TPSA) is 73.5 Å². The van der Waals surface area contributed by atoms with Gasteiger partial charge in [-0.1, -0.05) is 6.07 Å². The van der Waals surface area contributed by atoms with Crippen LogP contribution in [0.15, 0.2) is 67.1 Å². The monoisotopic (exact) mass is 427 g/mol. The first-order valence-corrected chi connectivity index (χ1v) is 10.4. The smallest absolute Gasteiger partial charge is 0.155 e. The molecular formula is C24H22FN7. The maximum atomic E-state index is 13.5. The predicted octanol–water partition coefficient (Wildman–Crippen LogP) is 5.45. The van der Waals surface area contributed by atoms with Crippen molar-refractivity contribution >= 4 is 22.4 Å². The molecule has 0 amide bonds. The molecule has 0 unspecified atom stereocenters. The second-order valence-electron chi connectivity index (χ2n) is 7.85. The molecule has 1 N–H and O–H groups in total. The summed E-state index contributed by atoms with van der Waals surface area (Å²) >= 11 is 0. The number of nitrogens with zero attached hydrogens (tertiary/aromatic N) is 6. The third-order valence-corrected chi connectivity index (χ3v) is 5.21. The molecule has 0 saturated carbocycles. The number of halogens is 1. The van der Waals surface area contributed by atoms with E-state index in [0.717, 1.165) is 33.8 Å². The number of aryl methyl sites for hydroxylation is 1. The highest BCUT2D eigenvalue weighted by Gasteiger charge is 2.17. The van der Waals surface area contributed by atoms with Gasteiger partial charge in [0.15, 0.2) is 5.82 Å². The Kier molecular flexibility index (Phi) is 4.89. The zero-order chi connectivity index (χ0) is 22.2. The van der Waals surface area contributed by atoms with E-state index in [1.165, 1.54) is 12.1 Å². The van der Waals surface area contributed by atoms with Crippen molar-refractivity contribution in [1.29, 1.82) is 0 Å². The van der Waals surface area contributed by atoms with Crippen molar-refractivity contribution in [2.45, 2.75) is 26.8 Å². The summed E-state index contributed by atoms with van der Waals surface area (Å²) < 4.78 is 17.3. The molecule has 0 fully saturated rings. The molecule has 3 aromatic heterocycles. The summed E-state index contributed by atoms with van der Waals surface area (Å²) in [6, 6.07) is 16.5. The van der Waals surface area contributed by atoms with Gasteiger partial charge in [0.2, 0.25) is 0 Å². The fourth-order valence-corrected chi connectivity index (χ4v) is 3.75. The molecule has 5 rings (SSSR count). The molecule has 0 bridgehead atoms. The highest BCUT2D eigenvalue weighted by atomic mass is 19.1. The largest absolute Gasteiger partial charge is 0.352 e. The number of aromatic nitrogens is 6. The van der Waals surface area contributed by atoms with Gasteiger partial charge in [0.1, 0.15) is 29.3 Å². The van der Waals surface area contributed by atoms with E-state index in [-0.39, 0.29) is 11.9 Å². The molecule has 0 saturated heterocycles. The van der Waals surface area contributed by atoms with Crippen LogP contribution in [0.3, 0.4) is 0 Å². The van der Waals surface area contributed by atoms with Crippen LogP contribution < -0.4 is 5.32 Å². The van der Waals surface area contributed by atoms with Crippen molar-refractivity contribution in [2.24, 2.45) is 0 Å². The number of hydrogen-bond acceptors (Lipinski definition) is 5. The van der Waals surface area contributed by atoms with Crippen LogP contribution in [0.1, 0.15) is 25.7 Å². The van der Waals surface area contributed by atoms with Crippen LogP contribution in [0.5, 0.6) is 0 Å². The molecule has 0 radical (unpaired) electrons. The molecule has 0 aliphatic rings. The Balaban J connectivity index is 1.53. The SMILES string of the molecule is Cc1ncn(-c2ccc(Nc3cccc4c3nc(-c3ccc(F)cc3)n4C(C)C)cn2)n1. The molecule has 0 aliphatic heterocycles. The van der Waals surface area contributed by atoms with Gasteiger partial charge < -0.3 is 9.88 Å². The summed E-state index contributed by atoms with van der Waals surface area (Å²) in [6.45, 7) is 6.06. The van der Waals surface area contributed by atoms with Crippen molar-refractivity contribution in [3.05, 3.63) is 78.8 Å². The highest BCUT2D eigenvalue weighted by Crippen LogP contribution is 2.33. The lowest BCUT2D eigenvalue weighted by Crippen LogP contribution is -2.03. The van der Waals surface area contributed by atoms with Crippen molar-refractivity contribution in [3.8, 4) is 17.2 Å². The lowest BCUT2D eigenvalue weighted by atomic mass is 10.2. The first-order chi connectivity index (χ1) is 15.5. The minimum absolute atomic E-state index is 0.183. The molecule has 2 aromatic carbocycles. The first kappa shape index (κ1) is 19.9. The third kappa shape index (κ3) is 3.60. The number of nitrogens with one attached hydrogen (secondary N) is 1. The van der Waals surface area contributed by atoms with Gasteiger partial charge in [-0.3, -0.25) is 0 Å². The van der Waals surface area contributed by atoms with Crippen LogP contribution in [0.4, 0.5) is 15.8 Å². The average Bonchev–Trinajstić information content (AvgIpc) is 3.39. The van der Waals surface area contributed by atoms with E-state index in [1.807, 2.05) is 31.2 Å². The maximum absolute atomic E-state index is 13.5. The number of para-hydroxylation sites is 1. The minimum Gasteiger partial charge on any atom is -0.352 e. The Hall–Kier alpha value is -4.07. The zero-order valence-corrected chi connectivity index (χ0v) is 18.0. The van der Waals surface area contributed by atoms with E-state index < -0.39 is 0 Å². The van der Waals surface area contributed by atoms with E-state index in [4.69, 9.17) is 4.98 Å². The van der Waals surface area contributed by atoms with Crippen LogP contribution in [-0.2, 0) is 0 Å². The molecule has 3 heterocycles. The minimum atomic E-state index is -0.264. The van der Waals surface area contributed by atoms with E-state index >= 15 is 0 Å². The van der Waals surface area contributed by atoms with Gasteiger partial charge in [0, 0.05) is 11.6 Å². The van der Waals surface area contributed by atoms with Crippen LogP contribution in [0.2, 0.25) is 0 Å². The molecule has 0 spiro atoms. The highest BCUT2D eigenvalue weighted by molar-refractivity contribution is 5.93. The standard InChI is InChI=1S/C24H22FN7/c1-15(2)32-21-6-4-5-20(23(21)29-24(32)17-7-9-18(25)10-8-17)28-19-11-12-22(26-13-19)31-14-27-16(3)30-31/h4-15,28H,1-3H3. The second kappa shape index (κ2) is 7.88. The summed E-state index contributed by atoms with van der Waals surface area (Å²) in [7, 11) is 0. The molecule has 0 aliphatic carbocycles. The Morgan fingerprint density at radius 2 is 1.78 bits per heavy atom. The third-order valence-electron chi connectivity index (χ3n) is 5.21. The van der Waals surface area contributed by atoms with Crippen molar-refractivity contribution in [1.82, 2.24) is 29.3 Å². The van der Waals surface area contributed by atoms with Gasteiger partial charge in [0.05, 0.1) is 23.1 Å². The normalized spacial score (nSPS) is 11.4. The number of benzene rings is 2. The number of anilines is 2. The number of rotatable bonds is 5. The van der Waals surface area contributed by atoms with Crippen LogP contribution in [0.25, 0.3) is 28.2 Å². The fourth-order valence-electron chi connectivity index (χ4n) is 3.75. The van der Waals surface area contributed by atoms with Crippen LogP contribution in [0, 0.1) is 12.7 Å². The quantitative estimate of drug-likeness (QED) is 0.404. The number of fused-ring (bicyclic) bond motifs is 1.